The summed E-state index contributed by atoms with van der Waals surface area (Å²) in [6.07, 6.45) is 6.82. The van der Waals surface area contributed by atoms with Crippen LogP contribution in [0.15, 0.2) is 24.3 Å². The van der Waals surface area contributed by atoms with Crippen molar-refractivity contribution < 1.29 is 5.11 Å². The quantitative estimate of drug-likeness (QED) is 0.567. The smallest absolute Gasteiger partial charge is 0.151 e. The third-order valence-electron chi connectivity index (χ3n) is 2.46. The average Bonchev–Trinajstić information content (AvgIpc) is 2.46. The monoisotopic (exact) mass is 158 g/mol. The van der Waals surface area contributed by atoms with Crippen LogP contribution in [0.5, 0.6) is 0 Å². The Morgan fingerprint density at radius 1 is 1.42 bits per heavy atom. The van der Waals surface area contributed by atoms with E-state index in [4.69, 9.17) is 6.42 Å². The normalized spacial score (nSPS) is 26.3. The molecule has 0 spiro atoms. The summed E-state index contributed by atoms with van der Waals surface area (Å²) in [6.45, 7) is 0. The van der Waals surface area contributed by atoms with Crippen LogP contribution in [0.4, 0.5) is 0 Å². The molecule has 0 fully saturated rings. The Labute approximate surface area is 72.0 Å². The number of hydrogen-bond acceptors (Lipinski definition) is 1. The van der Waals surface area contributed by atoms with Crippen molar-refractivity contribution in [2.75, 3.05) is 0 Å². The van der Waals surface area contributed by atoms with E-state index in [1.54, 1.807) is 0 Å². The maximum Gasteiger partial charge on any atom is 0.151 e. The highest BCUT2D eigenvalue weighted by Crippen LogP contribution is 2.35. The maximum absolute atomic E-state index is 9.92. The summed E-state index contributed by atoms with van der Waals surface area (Å²) in [4.78, 5) is 0. The molecule has 0 saturated carbocycles. The molecule has 0 aromatic heterocycles. The van der Waals surface area contributed by atoms with Crippen molar-refractivity contribution in [2.24, 2.45) is 0 Å². The van der Waals surface area contributed by atoms with Crippen LogP contribution in [-0.2, 0) is 12.0 Å². The second kappa shape index (κ2) is 2.36. The first kappa shape index (κ1) is 7.39. The van der Waals surface area contributed by atoms with Crippen LogP contribution in [0.1, 0.15) is 17.5 Å². The average molecular weight is 158 g/mol. The van der Waals surface area contributed by atoms with E-state index in [9.17, 15) is 5.11 Å². The van der Waals surface area contributed by atoms with Crippen molar-refractivity contribution in [2.45, 2.75) is 18.4 Å². The largest absolute Gasteiger partial charge is 0.373 e. The van der Waals surface area contributed by atoms with Crippen LogP contribution in [0, 0.1) is 12.3 Å². The van der Waals surface area contributed by atoms with Crippen molar-refractivity contribution in [3.8, 4) is 12.3 Å². The summed E-state index contributed by atoms with van der Waals surface area (Å²) >= 11 is 0. The van der Waals surface area contributed by atoms with Gasteiger partial charge in [-0.3, -0.25) is 0 Å². The zero-order chi connectivity index (χ0) is 8.60. The van der Waals surface area contributed by atoms with E-state index in [2.05, 4.69) is 5.92 Å². The van der Waals surface area contributed by atoms with Crippen LogP contribution in [-0.4, -0.2) is 5.11 Å². The van der Waals surface area contributed by atoms with Gasteiger partial charge in [0, 0.05) is 0 Å². The highest BCUT2D eigenvalue weighted by Gasteiger charge is 2.33. The number of hydrogen-bond donors (Lipinski definition) is 1. The molecule has 1 aliphatic carbocycles. The van der Waals surface area contributed by atoms with Gasteiger partial charge in [0.25, 0.3) is 0 Å². The van der Waals surface area contributed by atoms with E-state index < -0.39 is 5.60 Å². The summed E-state index contributed by atoms with van der Waals surface area (Å²) in [6, 6.07) is 7.81. The minimum atomic E-state index is -1.00. The third-order valence-corrected chi connectivity index (χ3v) is 2.46. The van der Waals surface area contributed by atoms with E-state index >= 15 is 0 Å². The predicted octanol–water partition coefficient (Wildman–Crippen LogP) is 1.45. The number of aryl methyl sites for hydroxylation is 1. The number of rotatable bonds is 0. The van der Waals surface area contributed by atoms with Gasteiger partial charge < -0.3 is 5.11 Å². The molecule has 12 heavy (non-hydrogen) atoms. The molecule has 0 amide bonds. The van der Waals surface area contributed by atoms with Gasteiger partial charge in [-0.1, -0.05) is 30.2 Å². The van der Waals surface area contributed by atoms with E-state index in [1.165, 1.54) is 5.56 Å². The molecule has 1 atom stereocenters. The van der Waals surface area contributed by atoms with Crippen molar-refractivity contribution >= 4 is 0 Å². The molecule has 1 N–H and O–H groups in total. The Morgan fingerprint density at radius 2 is 2.17 bits per heavy atom. The summed E-state index contributed by atoms with van der Waals surface area (Å²) in [5, 5.41) is 9.92. The van der Waals surface area contributed by atoms with Crippen LogP contribution in [0.3, 0.4) is 0 Å². The topological polar surface area (TPSA) is 20.2 Å². The van der Waals surface area contributed by atoms with E-state index in [0.29, 0.717) is 6.42 Å². The van der Waals surface area contributed by atoms with Gasteiger partial charge in [-0.2, -0.15) is 0 Å². The second-order valence-corrected chi connectivity index (χ2v) is 3.16. The molecular weight excluding hydrogens is 148 g/mol. The van der Waals surface area contributed by atoms with Gasteiger partial charge in [0.1, 0.15) is 0 Å². The third kappa shape index (κ3) is 0.855. The summed E-state index contributed by atoms with van der Waals surface area (Å²) in [7, 11) is 0. The van der Waals surface area contributed by atoms with E-state index in [-0.39, 0.29) is 0 Å². The second-order valence-electron chi connectivity index (χ2n) is 3.16. The lowest BCUT2D eigenvalue weighted by Gasteiger charge is -2.15. The number of aliphatic hydroxyl groups is 1. The van der Waals surface area contributed by atoms with Gasteiger partial charge in [0.2, 0.25) is 0 Å². The van der Waals surface area contributed by atoms with Gasteiger partial charge in [0.15, 0.2) is 5.60 Å². The molecule has 1 unspecified atom stereocenters. The molecule has 0 heterocycles. The van der Waals surface area contributed by atoms with Crippen molar-refractivity contribution in [3.63, 3.8) is 0 Å². The number of fused-ring (bicyclic) bond motifs is 1. The van der Waals surface area contributed by atoms with Crippen molar-refractivity contribution in [3.05, 3.63) is 35.4 Å². The molecule has 1 aromatic carbocycles. The SMILES string of the molecule is C#CC1(O)CCc2ccccc21. The first-order valence-corrected chi connectivity index (χ1v) is 4.05. The van der Waals surface area contributed by atoms with Gasteiger partial charge >= 0.3 is 0 Å². The fraction of sp³-hybridized carbons (Fsp3) is 0.273. The molecule has 0 saturated heterocycles. The van der Waals surface area contributed by atoms with Crippen molar-refractivity contribution in [1.29, 1.82) is 0 Å². The van der Waals surface area contributed by atoms with Crippen LogP contribution < -0.4 is 0 Å². The lowest BCUT2D eigenvalue weighted by Crippen LogP contribution is -2.18. The molecule has 0 bridgehead atoms. The van der Waals surface area contributed by atoms with E-state index in [1.807, 2.05) is 24.3 Å². The summed E-state index contributed by atoms with van der Waals surface area (Å²) in [5.41, 5.74) is 1.09. The molecule has 60 valence electrons. The lowest BCUT2D eigenvalue weighted by molar-refractivity contribution is 0.103. The Hall–Kier alpha value is -1.26. The number of benzene rings is 1. The van der Waals surface area contributed by atoms with Crippen LogP contribution in [0.2, 0.25) is 0 Å². The Kier molecular flexibility index (Phi) is 1.46. The van der Waals surface area contributed by atoms with Gasteiger partial charge in [-0.05, 0) is 24.0 Å². The van der Waals surface area contributed by atoms with Gasteiger partial charge in [-0.25, -0.2) is 0 Å². The molecule has 1 heteroatoms. The Balaban J connectivity index is 2.58. The Bertz CT molecular complexity index is 348. The van der Waals surface area contributed by atoms with Gasteiger partial charge in [0.05, 0.1) is 0 Å². The van der Waals surface area contributed by atoms with Gasteiger partial charge in [-0.15, -0.1) is 6.42 Å². The highest BCUT2D eigenvalue weighted by molar-refractivity contribution is 5.42. The predicted molar refractivity (Wildman–Crippen MR) is 47.5 cm³/mol. The highest BCUT2D eigenvalue weighted by atomic mass is 16.3. The molecule has 1 aromatic rings. The van der Waals surface area contributed by atoms with E-state index in [0.717, 1.165) is 12.0 Å². The summed E-state index contributed by atoms with van der Waals surface area (Å²) in [5.74, 6) is 2.45. The standard InChI is InChI=1S/C11H10O/c1-2-11(12)8-7-9-5-3-4-6-10(9)11/h1,3-6,12H,7-8H2. The zero-order valence-electron chi connectivity index (χ0n) is 6.75. The van der Waals surface area contributed by atoms with Crippen LogP contribution in [0.25, 0.3) is 0 Å². The maximum atomic E-state index is 9.92. The number of terminal acetylenes is 1. The fourth-order valence-electron chi connectivity index (χ4n) is 1.74. The molecule has 2 rings (SSSR count). The first-order chi connectivity index (χ1) is 5.76. The molecular formula is C11H10O. The molecule has 0 aliphatic heterocycles. The molecule has 1 nitrogen and oxygen atoms in total. The molecule has 0 radical (unpaired) electrons. The molecule has 1 aliphatic rings. The summed E-state index contributed by atoms with van der Waals surface area (Å²) < 4.78 is 0. The minimum Gasteiger partial charge on any atom is -0.373 e. The Morgan fingerprint density at radius 3 is 2.92 bits per heavy atom. The lowest BCUT2D eigenvalue weighted by atomic mass is 9.97. The van der Waals surface area contributed by atoms with Crippen molar-refractivity contribution in [1.82, 2.24) is 0 Å². The minimum absolute atomic E-state index is 0.656. The first-order valence-electron chi connectivity index (χ1n) is 4.05. The van der Waals surface area contributed by atoms with Crippen LogP contribution >= 0.6 is 0 Å². The zero-order valence-corrected chi connectivity index (χ0v) is 6.75. The fourth-order valence-corrected chi connectivity index (χ4v) is 1.74.